The Bertz CT molecular complexity index is 640. The van der Waals surface area contributed by atoms with Crippen LogP contribution in [0.2, 0.25) is 0 Å². The Morgan fingerprint density at radius 3 is 2.82 bits per heavy atom. The summed E-state index contributed by atoms with van der Waals surface area (Å²) < 4.78 is 4.70. The van der Waals surface area contributed by atoms with Gasteiger partial charge in [0.25, 0.3) is 0 Å². The van der Waals surface area contributed by atoms with Crippen molar-refractivity contribution in [3.63, 3.8) is 0 Å². The maximum atomic E-state index is 12.1. The molecule has 4 rings (SSSR count). The maximum Gasteiger partial charge on any atom is 0.323 e. The maximum absolute atomic E-state index is 12.1. The number of carbonyl (C=O) groups excluding carboxylic acids is 1. The lowest BCUT2D eigenvalue weighted by Gasteiger charge is -2.34. The fourth-order valence-corrected chi connectivity index (χ4v) is 2.70. The summed E-state index contributed by atoms with van der Waals surface area (Å²) in [6.45, 7) is 2.88. The van der Waals surface area contributed by atoms with Crippen LogP contribution in [0.4, 0.5) is 16.4 Å². The number of aromatic nitrogens is 3. The molecule has 2 amide bonds. The van der Waals surface area contributed by atoms with Crippen LogP contribution in [0.3, 0.4) is 0 Å². The molecule has 1 aliphatic heterocycles. The van der Waals surface area contributed by atoms with Crippen LogP contribution in [-0.2, 0) is 0 Å². The van der Waals surface area contributed by atoms with Crippen LogP contribution in [0.5, 0.6) is 0 Å². The second-order valence-corrected chi connectivity index (χ2v) is 5.74. The van der Waals surface area contributed by atoms with E-state index in [9.17, 15) is 4.79 Å². The minimum absolute atomic E-state index is 0.144. The first-order chi connectivity index (χ1) is 10.8. The SMILES string of the molecule is O=C(Nc1ccon1)N1CCN(c2cc(C3CC3)[nH]n2)CC1. The predicted octanol–water partition coefficient (Wildman–Crippen LogP) is 1.63. The molecule has 2 N–H and O–H groups in total. The molecule has 2 aromatic heterocycles. The first-order valence-corrected chi connectivity index (χ1v) is 7.56. The number of H-pyrrole nitrogens is 1. The van der Waals surface area contributed by atoms with Crippen molar-refractivity contribution in [3.05, 3.63) is 24.1 Å². The summed E-state index contributed by atoms with van der Waals surface area (Å²) in [5.74, 6) is 2.10. The van der Waals surface area contributed by atoms with Crippen LogP contribution in [0, 0.1) is 0 Å². The predicted molar refractivity (Wildman–Crippen MR) is 79.9 cm³/mol. The first kappa shape index (κ1) is 13.2. The summed E-state index contributed by atoms with van der Waals surface area (Å²) in [6.07, 6.45) is 3.96. The normalized spacial score (nSPS) is 18.5. The second kappa shape index (κ2) is 5.36. The number of amides is 2. The van der Waals surface area contributed by atoms with Crippen molar-refractivity contribution in [2.24, 2.45) is 0 Å². The molecule has 0 unspecified atom stereocenters. The van der Waals surface area contributed by atoms with Crippen LogP contribution in [0.15, 0.2) is 22.9 Å². The van der Waals surface area contributed by atoms with E-state index in [1.807, 2.05) is 0 Å². The highest BCUT2D eigenvalue weighted by atomic mass is 16.5. The minimum Gasteiger partial charge on any atom is -0.363 e. The zero-order valence-corrected chi connectivity index (χ0v) is 12.2. The van der Waals surface area contributed by atoms with Gasteiger partial charge in [0.1, 0.15) is 6.26 Å². The standard InChI is InChI=1S/C14H18N6O2/c21-14(15-12-3-8-22-18-12)20-6-4-19(5-7-20)13-9-11(16-17-13)10-1-2-10/h3,8-10H,1-2,4-7H2,(H,16,17)(H,15,18,21). The van der Waals surface area contributed by atoms with Gasteiger partial charge in [0, 0.05) is 49.9 Å². The van der Waals surface area contributed by atoms with Crippen molar-refractivity contribution in [1.82, 2.24) is 20.3 Å². The lowest BCUT2D eigenvalue weighted by molar-refractivity contribution is 0.208. The lowest BCUT2D eigenvalue weighted by atomic mass is 10.2. The van der Waals surface area contributed by atoms with Gasteiger partial charge in [-0.05, 0) is 12.8 Å². The van der Waals surface area contributed by atoms with E-state index in [0.717, 1.165) is 18.9 Å². The number of hydrogen-bond acceptors (Lipinski definition) is 5. The van der Waals surface area contributed by atoms with Gasteiger partial charge in [-0.1, -0.05) is 5.16 Å². The van der Waals surface area contributed by atoms with Crippen LogP contribution in [0.25, 0.3) is 0 Å². The zero-order valence-electron chi connectivity index (χ0n) is 12.2. The van der Waals surface area contributed by atoms with Gasteiger partial charge in [0.15, 0.2) is 11.6 Å². The highest BCUT2D eigenvalue weighted by Gasteiger charge is 2.27. The number of anilines is 2. The molecule has 0 radical (unpaired) electrons. The Balaban J connectivity index is 1.32. The Labute approximate surface area is 127 Å². The summed E-state index contributed by atoms with van der Waals surface area (Å²) in [6, 6.07) is 3.62. The Morgan fingerprint density at radius 2 is 2.14 bits per heavy atom. The van der Waals surface area contributed by atoms with Crippen LogP contribution >= 0.6 is 0 Å². The number of hydrogen-bond donors (Lipinski definition) is 2. The van der Waals surface area contributed by atoms with Crippen molar-refractivity contribution in [3.8, 4) is 0 Å². The van der Waals surface area contributed by atoms with Gasteiger partial charge in [-0.25, -0.2) is 4.79 Å². The van der Waals surface area contributed by atoms with Gasteiger partial charge >= 0.3 is 6.03 Å². The molecule has 2 aliphatic rings. The van der Waals surface area contributed by atoms with E-state index in [0.29, 0.717) is 24.8 Å². The Kier molecular flexibility index (Phi) is 3.21. The topological polar surface area (TPSA) is 90.3 Å². The number of urea groups is 1. The third-order valence-corrected chi connectivity index (χ3v) is 4.17. The van der Waals surface area contributed by atoms with E-state index >= 15 is 0 Å². The second-order valence-electron chi connectivity index (χ2n) is 5.74. The molecule has 116 valence electrons. The van der Waals surface area contributed by atoms with Crippen molar-refractivity contribution >= 4 is 17.7 Å². The molecule has 1 saturated carbocycles. The summed E-state index contributed by atoms with van der Waals surface area (Å²) >= 11 is 0. The van der Waals surface area contributed by atoms with Crippen molar-refractivity contribution in [2.75, 3.05) is 36.4 Å². The number of rotatable bonds is 3. The van der Waals surface area contributed by atoms with Gasteiger partial charge in [0.05, 0.1) is 0 Å². The van der Waals surface area contributed by atoms with E-state index in [-0.39, 0.29) is 6.03 Å². The van der Waals surface area contributed by atoms with Gasteiger partial charge in [-0.15, -0.1) is 0 Å². The Hall–Kier alpha value is -2.51. The molecular weight excluding hydrogens is 284 g/mol. The molecular formula is C14H18N6O2. The molecule has 8 heteroatoms. The molecule has 2 fully saturated rings. The van der Waals surface area contributed by atoms with E-state index in [1.54, 1.807) is 11.0 Å². The molecule has 22 heavy (non-hydrogen) atoms. The molecule has 1 aliphatic carbocycles. The molecule has 1 saturated heterocycles. The van der Waals surface area contributed by atoms with Crippen molar-refractivity contribution in [2.45, 2.75) is 18.8 Å². The Morgan fingerprint density at radius 1 is 1.32 bits per heavy atom. The number of nitrogens with one attached hydrogen (secondary N) is 2. The third-order valence-electron chi connectivity index (χ3n) is 4.17. The number of carbonyl (C=O) groups is 1. The first-order valence-electron chi connectivity index (χ1n) is 7.56. The number of piperazine rings is 1. The molecule has 0 spiro atoms. The molecule has 0 bridgehead atoms. The number of aromatic amines is 1. The summed E-state index contributed by atoms with van der Waals surface area (Å²) in [7, 11) is 0. The smallest absolute Gasteiger partial charge is 0.323 e. The molecule has 0 atom stereocenters. The fourth-order valence-electron chi connectivity index (χ4n) is 2.70. The van der Waals surface area contributed by atoms with Gasteiger partial charge in [-0.3, -0.25) is 10.4 Å². The van der Waals surface area contributed by atoms with Crippen LogP contribution < -0.4 is 10.2 Å². The lowest BCUT2D eigenvalue weighted by Crippen LogP contribution is -2.50. The fraction of sp³-hybridized carbons (Fsp3) is 0.500. The van der Waals surface area contributed by atoms with Gasteiger partial charge in [-0.2, -0.15) is 5.10 Å². The van der Waals surface area contributed by atoms with Crippen molar-refractivity contribution in [1.29, 1.82) is 0 Å². The van der Waals surface area contributed by atoms with Crippen molar-refractivity contribution < 1.29 is 9.32 Å². The molecule has 3 heterocycles. The highest BCUT2D eigenvalue weighted by molar-refractivity contribution is 5.88. The van der Waals surface area contributed by atoms with E-state index in [4.69, 9.17) is 4.52 Å². The average Bonchev–Trinajstić information content (AvgIpc) is 3.06. The largest absolute Gasteiger partial charge is 0.363 e. The number of nitrogens with zero attached hydrogens (tertiary/aromatic N) is 4. The van der Waals surface area contributed by atoms with Crippen LogP contribution in [0.1, 0.15) is 24.5 Å². The summed E-state index contributed by atoms with van der Waals surface area (Å²) in [5, 5.41) is 13.9. The van der Waals surface area contributed by atoms with E-state index < -0.39 is 0 Å². The summed E-state index contributed by atoms with van der Waals surface area (Å²) in [4.78, 5) is 16.1. The minimum atomic E-state index is -0.144. The van der Waals surface area contributed by atoms with Gasteiger partial charge in [0.2, 0.25) is 0 Å². The average molecular weight is 302 g/mol. The van der Waals surface area contributed by atoms with Crippen LogP contribution in [-0.4, -0.2) is 52.5 Å². The monoisotopic (exact) mass is 302 g/mol. The summed E-state index contributed by atoms with van der Waals surface area (Å²) in [5.41, 5.74) is 1.24. The van der Waals surface area contributed by atoms with E-state index in [2.05, 4.69) is 31.6 Å². The molecule has 8 nitrogen and oxygen atoms in total. The molecule has 0 aromatic carbocycles. The third kappa shape index (κ3) is 2.63. The van der Waals surface area contributed by atoms with E-state index in [1.165, 1.54) is 24.8 Å². The highest BCUT2D eigenvalue weighted by Crippen LogP contribution is 2.39. The quantitative estimate of drug-likeness (QED) is 0.899. The zero-order chi connectivity index (χ0) is 14.9. The van der Waals surface area contributed by atoms with Gasteiger partial charge < -0.3 is 14.3 Å². The molecule has 2 aromatic rings.